The van der Waals surface area contributed by atoms with E-state index in [1.807, 2.05) is 18.3 Å². The van der Waals surface area contributed by atoms with E-state index in [-0.39, 0.29) is 18.3 Å². The summed E-state index contributed by atoms with van der Waals surface area (Å²) in [7, 11) is 0. The molecule has 0 saturated heterocycles. The standard InChI is InChI=1S/C57H81N3O5/c1-3-5-6-7-8-9-10-11-12-13-14-15-16-17-18-27-38-58-57(63)64-40-39-60(44-46-30-23-20-24-31-46)48-35-37-52-54(42-48)65-53-41-47(59(4-2)43-45-28-21-19-22-29-45)34-36-51(53)55(52)49-32-25-26-33-50(49)56(61)62/h4,25-26,32-37,41-42,45-46H,2-3,5-24,27-31,38-40,43-44H2,1H3,(H-,58,61,62,63)/p+1. The highest BCUT2D eigenvalue weighted by Gasteiger charge is 2.25. The molecule has 0 spiro atoms. The van der Waals surface area contributed by atoms with E-state index in [2.05, 4.69) is 64.7 Å². The fourth-order valence-electron chi connectivity index (χ4n) is 10.5. The lowest BCUT2D eigenvalue weighted by Gasteiger charge is -2.29. The number of nitrogens with zero attached hydrogens (tertiary/aromatic N) is 2. The summed E-state index contributed by atoms with van der Waals surface area (Å²) in [5.41, 5.74) is 4.32. The lowest BCUT2D eigenvalue weighted by atomic mass is 9.88. The Hall–Kier alpha value is -4.59. The molecule has 8 nitrogen and oxygen atoms in total. The van der Waals surface area contributed by atoms with Crippen molar-refractivity contribution in [2.45, 2.75) is 174 Å². The number of anilines is 1. The van der Waals surface area contributed by atoms with Crippen LogP contribution < -0.4 is 20.1 Å². The number of carbonyl (C=O) groups excluding carboxylic acids is 1. The minimum Gasteiger partial charge on any atom is -0.478 e. The minimum atomic E-state index is -0.964. The average molecular weight is 889 g/mol. The SMILES string of the molecule is C=CN(CC1CCCCC1)c1ccc2c(-c3ccccc3C(=O)O)c3ccc(=[N+](CCOC(=O)NCCCCCCCCCCCCCCCCCC)CC4CCCCC4)cc-3oc2c1. The zero-order valence-electron chi connectivity index (χ0n) is 40.1. The molecule has 2 aromatic carbocycles. The summed E-state index contributed by atoms with van der Waals surface area (Å²) in [6.07, 6.45) is 35.3. The van der Waals surface area contributed by atoms with Gasteiger partial charge in [0, 0.05) is 53.3 Å². The number of alkyl carbamates (subject to hydrolysis) is 1. The van der Waals surface area contributed by atoms with Gasteiger partial charge < -0.3 is 24.5 Å². The summed E-state index contributed by atoms with van der Waals surface area (Å²) < 4.78 is 15.0. The molecule has 1 amide bonds. The lowest BCUT2D eigenvalue weighted by molar-refractivity contribution is 0.0697. The predicted molar refractivity (Wildman–Crippen MR) is 270 cm³/mol. The highest BCUT2D eigenvalue weighted by molar-refractivity contribution is 6.07. The molecular formula is C57H82N3O5+. The van der Waals surface area contributed by atoms with Crippen molar-refractivity contribution in [1.82, 2.24) is 9.89 Å². The molecule has 0 unspecified atom stereocenters. The summed E-state index contributed by atoms with van der Waals surface area (Å²) in [5.74, 6) is 0.909. The Morgan fingerprint density at radius 3 is 2.00 bits per heavy atom. The number of unbranched alkanes of at least 4 members (excludes halogenated alkanes) is 15. The fourth-order valence-corrected chi connectivity index (χ4v) is 10.5. The van der Waals surface area contributed by atoms with E-state index in [4.69, 9.17) is 9.15 Å². The number of carboxylic acid groups (broad SMARTS) is 1. The molecule has 2 N–H and O–H groups in total. The molecule has 65 heavy (non-hydrogen) atoms. The largest absolute Gasteiger partial charge is 0.478 e. The third-order valence-corrected chi connectivity index (χ3v) is 14.3. The first-order chi connectivity index (χ1) is 31.9. The summed E-state index contributed by atoms with van der Waals surface area (Å²) in [4.78, 5) is 27.7. The van der Waals surface area contributed by atoms with Crippen LogP contribution in [0.4, 0.5) is 10.5 Å². The molecule has 0 bridgehead atoms. The van der Waals surface area contributed by atoms with Crippen LogP contribution in [0.15, 0.2) is 77.9 Å². The van der Waals surface area contributed by atoms with Crippen LogP contribution in [0.25, 0.3) is 33.4 Å². The summed E-state index contributed by atoms with van der Waals surface area (Å²) in [5, 5.41) is 15.2. The third kappa shape index (κ3) is 15.8. The van der Waals surface area contributed by atoms with E-state index in [1.165, 1.54) is 154 Å². The van der Waals surface area contributed by atoms with Crippen LogP contribution in [0.2, 0.25) is 0 Å². The Morgan fingerprint density at radius 2 is 1.37 bits per heavy atom. The van der Waals surface area contributed by atoms with Crippen molar-refractivity contribution >= 4 is 28.7 Å². The first kappa shape index (κ1) is 49.8. The van der Waals surface area contributed by atoms with Gasteiger partial charge in [-0.1, -0.05) is 167 Å². The maximum absolute atomic E-state index is 12.8. The van der Waals surface area contributed by atoms with Crippen LogP contribution in [-0.2, 0) is 4.74 Å². The molecule has 0 atom stereocenters. The Kier molecular flexibility index (Phi) is 21.3. The Labute approximate surface area is 391 Å². The van der Waals surface area contributed by atoms with E-state index in [1.54, 1.807) is 12.1 Å². The highest BCUT2D eigenvalue weighted by Crippen LogP contribution is 2.42. The topological polar surface area (TPSA) is 95.0 Å². The minimum absolute atomic E-state index is 0.253. The van der Waals surface area contributed by atoms with Gasteiger partial charge >= 0.3 is 12.1 Å². The van der Waals surface area contributed by atoms with Gasteiger partial charge in [-0.25, -0.2) is 14.2 Å². The van der Waals surface area contributed by atoms with Crippen molar-refractivity contribution in [3.05, 3.63) is 84.4 Å². The summed E-state index contributed by atoms with van der Waals surface area (Å²) in [6, 6.07) is 19.8. The maximum Gasteiger partial charge on any atom is 0.407 e. The zero-order chi connectivity index (χ0) is 45.5. The van der Waals surface area contributed by atoms with E-state index in [9.17, 15) is 14.7 Å². The van der Waals surface area contributed by atoms with Crippen LogP contribution in [-0.4, -0.2) is 50.0 Å². The van der Waals surface area contributed by atoms with Gasteiger partial charge in [-0.05, 0) is 74.1 Å². The Balaban J connectivity index is 1.10. The number of nitrogens with one attached hydrogen (secondary N) is 1. The molecule has 2 aromatic rings. The molecule has 0 radical (unpaired) electrons. The molecule has 354 valence electrons. The van der Waals surface area contributed by atoms with Gasteiger partial charge in [0.1, 0.15) is 17.9 Å². The van der Waals surface area contributed by atoms with Crippen LogP contribution in [0, 0.1) is 11.8 Å². The second kappa shape index (κ2) is 27.8. The normalized spacial score (nSPS) is 15.3. The van der Waals surface area contributed by atoms with Gasteiger partial charge in [0.05, 0.1) is 11.6 Å². The van der Waals surface area contributed by atoms with Gasteiger partial charge in [0.2, 0.25) is 5.36 Å². The Morgan fingerprint density at radius 1 is 0.754 bits per heavy atom. The molecule has 1 aliphatic heterocycles. The van der Waals surface area contributed by atoms with E-state index in [0.717, 1.165) is 53.5 Å². The summed E-state index contributed by atoms with van der Waals surface area (Å²) >= 11 is 0. The van der Waals surface area contributed by atoms with Crippen molar-refractivity contribution in [1.29, 1.82) is 0 Å². The second-order valence-corrected chi connectivity index (χ2v) is 19.3. The highest BCUT2D eigenvalue weighted by atomic mass is 16.5. The molecule has 2 saturated carbocycles. The quantitative estimate of drug-likeness (QED) is 0.0335. The number of hydrogen-bond acceptors (Lipinski definition) is 5. The predicted octanol–water partition coefficient (Wildman–Crippen LogP) is 14.8. The number of ether oxygens (including phenoxy) is 1. The average Bonchev–Trinajstić information content (AvgIpc) is 3.33. The van der Waals surface area contributed by atoms with Crippen molar-refractivity contribution in [3.63, 3.8) is 0 Å². The number of rotatable bonds is 28. The molecule has 2 fully saturated rings. The number of benzene rings is 3. The number of carboxylic acids is 1. The second-order valence-electron chi connectivity index (χ2n) is 19.3. The van der Waals surface area contributed by atoms with Crippen molar-refractivity contribution < 1.29 is 23.8 Å². The van der Waals surface area contributed by atoms with Crippen molar-refractivity contribution in [2.24, 2.45) is 11.8 Å². The van der Waals surface area contributed by atoms with Gasteiger partial charge in [0.25, 0.3) is 0 Å². The number of carbonyl (C=O) groups is 2. The van der Waals surface area contributed by atoms with Gasteiger partial charge in [0.15, 0.2) is 13.2 Å². The van der Waals surface area contributed by atoms with Gasteiger partial charge in [-0.2, -0.15) is 0 Å². The summed E-state index contributed by atoms with van der Waals surface area (Å²) in [6.45, 7) is 9.74. The lowest BCUT2D eigenvalue weighted by Crippen LogP contribution is -2.38. The van der Waals surface area contributed by atoms with Crippen LogP contribution >= 0.6 is 0 Å². The number of fused-ring (bicyclic) bond motifs is 2. The zero-order valence-corrected chi connectivity index (χ0v) is 40.1. The van der Waals surface area contributed by atoms with E-state index in [0.29, 0.717) is 41.8 Å². The fraction of sp³-hybridized carbons (Fsp3) is 0.596. The van der Waals surface area contributed by atoms with Crippen molar-refractivity contribution in [2.75, 3.05) is 37.7 Å². The molecule has 0 aromatic heterocycles. The molecule has 1 heterocycles. The van der Waals surface area contributed by atoms with Crippen LogP contribution in [0.5, 0.6) is 0 Å². The van der Waals surface area contributed by atoms with Gasteiger partial charge in [-0.15, -0.1) is 0 Å². The van der Waals surface area contributed by atoms with E-state index >= 15 is 0 Å². The van der Waals surface area contributed by atoms with Crippen LogP contribution in [0.3, 0.4) is 0 Å². The first-order valence-corrected chi connectivity index (χ1v) is 26.2. The molecular weight excluding hydrogens is 807 g/mol. The monoisotopic (exact) mass is 889 g/mol. The molecule has 8 heteroatoms. The molecule has 3 aliphatic carbocycles. The van der Waals surface area contributed by atoms with Gasteiger partial charge in [-0.3, -0.25) is 0 Å². The van der Waals surface area contributed by atoms with Crippen molar-refractivity contribution in [3.8, 4) is 22.5 Å². The Bertz CT molecular complexity index is 2090. The first-order valence-electron chi connectivity index (χ1n) is 26.2. The third-order valence-electron chi connectivity index (χ3n) is 14.3. The maximum atomic E-state index is 12.8. The molecule has 4 aliphatic rings. The number of hydrogen-bond donors (Lipinski definition) is 2. The smallest absolute Gasteiger partial charge is 0.407 e. The number of aromatic carboxylic acids is 1. The van der Waals surface area contributed by atoms with E-state index < -0.39 is 5.97 Å². The molecule has 6 rings (SSSR count). The van der Waals surface area contributed by atoms with Crippen LogP contribution in [0.1, 0.15) is 184 Å². The number of amides is 1.